The number of carbonyl (C=O) groups is 1. The predicted molar refractivity (Wildman–Crippen MR) is 65.4 cm³/mol. The lowest BCUT2D eigenvalue weighted by Gasteiger charge is -2.27. The van der Waals surface area contributed by atoms with Gasteiger partial charge in [0, 0.05) is 0 Å². The van der Waals surface area contributed by atoms with Crippen molar-refractivity contribution in [1.29, 1.82) is 0 Å². The number of carboxylic acid groups (broad SMARTS) is 1. The molecular weight excluding hydrogens is 216 g/mol. The number of benzene rings is 1. The zero-order valence-electron chi connectivity index (χ0n) is 10.0. The normalized spacial score (nSPS) is 24.5. The number of aromatic carboxylic acids is 1. The van der Waals surface area contributed by atoms with Crippen molar-refractivity contribution in [3.05, 3.63) is 29.3 Å². The summed E-state index contributed by atoms with van der Waals surface area (Å²) in [6, 6.07) is 5.02. The van der Waals surface area contributed by atoms with Gasteiger partial charge in [-0.3, -0.25) is 0 Å². The summed E-state index contributed by atoms with van der Waals surface area (Å²) in [5.41, 5.74) is 0.817. The van der Waals surface area contributed by atoms with Crippen LogP contribution in [0.15, 0.2) is 18.2 Å². The Bertz CT molecular complexity index is 425. The number of phenols is 1. The number of hydrogen-bond acceptors (Lipinski definition) is 2. The van der Waals surface area contributed by atoms with Gasteiger partial charge >= 0.3 is 5.97 Å². The molecule has 0 heterocycles. The molecule has 3 heteroatoms. The number of para-hydroxylation sites is 1. The molecular formula is C14H18O3. The van der Waals surface area contributed by atoms with Gasteiger partial charge < -0.3 is 10.2 Å². The first-order chi connectivity index (χ1) is 8.09. The predicted octanol–water partition coefficient (Wildman–Crippen LogP) is 3.38. The Morgan fingerprint density at radius 3 is 2.76 bits per heavy atom. The van der Waals surface area contributed by atoms with Crippen LogP contribution in [0.4, 0.5) is 0 Å². The SMILES string of the molecule is CC1CCCC(c2cccc(C(=O)O)c2O)C1. The molecule has 0 saturated heterocycles. The van der Waals surface area contributed by atoms with E-state index >= 15 is 0 Å². The summed E-state index contributed by atoms with van der Waals surface area (Å²) in [5.74, 6) is -0.146. The zero-order valence-corrected chi connectivity index (χ0v) is 10.0. The molecule has 1 aromatic rings. The van der Waals surface area contributed by atoms with Crippen LogP contribution in [-0.2, 0) is 0 Å². The zero-order chi connectivity index (χ0) is 12.4. The highest BCUT2D eigenvalue weighted by Crippen LogP contribution is 2.40. The van der Waals surface area contributed by atoms with Crippen molar-refractivity contribution in [3.8, 4) is 5.75 Å². The highest BCUT2D eigenvalue weighted by Gasteiger charge is 2.24. The van der Waals surface area contributed by atoms with Crippen LogP contribution in [0.2, 0.25) is 0 Å². The minimum absolute atomic E-state index is 0.0146. The lowest BCUT2D eigenvalue weighted by atomic mass is 9.78. The molecule has 0 amide bonds. The van der Waals surface area contributed by atoms with Crippen LogP contribution in [-0.4, -0.2) is 16.2 Å². The van der Waals surface area contributed by atoms with Crippen LogP contribution in [0, 0.1) is 5.92 Å². The highest BCUT2D eigenvalue weighted by atomic mass is 16.4. The topological polar surface area (TPSA) is 57.5 Å². The van der Waals surface area contributed by atoms with Gasteiger partial charge in [0.05, 0.1) is 0 Å². The van der Waals surface area contributed by atoms with Gasteiger partial charge in [0.2, 0.25) is 0 Å². The fraction of sp³-hybridized carbons (Fsp3) is 0.500. The van der Waals surface area contributed by atoms with Gasteiger partial charge in [-0.05, 0) is 36.3 Å². The second-order valence-corrected chi connectivity index (χ2v) is 5.02. The maximum absolute atomic E-state index is 11.0. The Hall–Kier alpha value is -1.51. The molecule has 92 valence electrons. The van der Waals surface area contributed by atoms with E-state index in [0.29, 0.717) is 11.8 Å². The summed E-state index contributed by atoms with van der Waals surface area (Å²) in [6.07, 6.45) is 4.47. The second kappa shape index (κ2) is 4.78. The molecule has 0 spiro atoms. The van der Waals surface area contributed by atoms with Gasteiger partial charge in [-0.15, -0.1) is 0 Å². The lowest BCUT2D eigenvalue weighted by Crippen LogP contribution is -2.12. The fourth-order valence-corrected chi connectivity index (χ4v) is 2.78. The molecule has 0 aliphatic heterocycles. The summed E-state index contributed by atoms with van der Waals surface area (Å²) in [7, 11) is 0. The minimum Gasteiger partial charge on any atom is -0.507 e. The molecule has 1 aromatic carbocycles. The van der Waals surface area contributed by atoms with Gasteiger partial charge in [-0.25, -0.2) is 4.79 Å². The van der Waals surface area contributed by atoms with Crippen molar-refractivity contribution >= 4 is 5.97 Å². The highest BCUT2D eigenvalue weighted by molar-refractivity contribution is 5.91. The molecule has 0 radical (unpaired) electrons. The monoisotopic (exact) mass is 234 g/mol. The minimum atomic E-state index is -1.06. The van der Waals surface area contributed by atoms with E-state index in [4.69, 9.17) is 5.11 Å². The first-order valence-electron chi connectivity index (χ1n) is 6.14. The summed E-state index contributed by atoms with van der Waals surface area (Å²) in [6.45, 7) is 2.21. The molecule has 1 aliphatic rings. The maximum Gasteiger partial charge on any atom is 0.339 e. The Morgan fingerprint density at radius 2 is 2.12 bits per heavy atom. The summed E-state index contributed by atoms with van der Waals surface area (Å²) in [5, 5.41) is 19.0. The third kappa shape index (κ3) is 2.43. The van der Waals surface area contributed by atoms with E-state index in [1.165, 1.54) is 12.5 Å². The quantitative estimate of drug-likeness (QED) is 0.824. The number of carboxylic acids is 1. The third-order valence-corrected chi connectivity index (χ3v) is 3.67. The Morgan fingerprint density at radius 1 is 1.35 bits per heavy atom. The van der Waals surface area contributed by atoms with Gasteiger partial charge in [0.15, 0.2) is 0 Å². The largest absolute Gasteiger partial charge is 0.507 e. The first kappa shape index (κ1) is 12.0. The molecule has 1 fully saturated rings. The van der Waals surface area contributed by atoms with E-state index in [1.807, 2.05) is 6.07 Å². The number of aromatic hydroxyl groups is 1. The fourth-order valence-electron chi connectivity index (χ4n) is 2.78. The van der Waals surface area contributed by atoms with Gasteiger partial charge in [-0.2, -0.15) is 0 Å². The van der Waals surface area contributed by atoms with E-state index in [-0.39, 0.29) is 11.3 Å². The first-order valence-corrected chi connectivity index (χ1v) is 6.14. The van der Waals surface area contributed by atoms with E-state index in [2.05, 4.69) is 6.92 Å². The standard InChI is InChI=1S/C14H18O3/c1-9-4-2-5-10(8-9)11-6-3-7-12(13(11)15)14(16)17/h3,6-7,9-10,15H,2,4-5,8H2,1H3,(H,16,17). The maximum atomic E-state index is 11.0. The molecule has 17 heavy (non-hydrogen) atoms. The smallest absolute Gasteiger partial charge is 0.339 e. The van der Waals surface area contributed by atoms with Crippen LogP contribution in [0.3, 0.4) is 0 Å². The Kier molecular flexibility index (Phi) is 3.36. The Balaban J connectivity index is 2.32. The van der Waals surface area contributed by atoms with E-state index in [0.717, 1.165) is 24.8 Å². The summed E-state index contributed by atoms with van der Waals surface area (Å²) in [4.78, 5) is 11.0. The van der Waals surface area contributed by atoms with Crippen LogP contribution >= 0.6 is 0 Å². The molecule has 2 unspecified atom stereocenters. The molecule has 1 saturated carbocycles. The summed E-state index contributed by atoms with van der Waals surface area (Å²) >= 11 is 0. The average Bonchev–Trinajstić information content (AvgIpc) is 2.29. The molecule has 1 aliphatic carbocycles. The van der Waals surface area contributed by atoms with Gasteiger partial charge in [0.1, 0.15) is 11.3 Å². The molecule has 0 bridgehead atoms. The van der Waals surface area contributed by atoms with Crippen molar-refractivity contribution in [2.75, 3.05) is 0 Å². The van der Waals surface area contributed by atoms with Crippen molar-refractivity contribution in [3.63, 3.8) is 0 Å². The lowest BCUT2D eigenvalue weighted by molar-refractivity contribution is 0.0693. The van der Waals surface area contributed by atoms with Crippen LogP contribution < -0.4 is 0 Å². The van der Waals surface area contributed by atoms with Crippen LogP contribution in [0.5, 0.6) is 5.75 Å². The van der Waals surface area contributed by atoms with Gasteiger partial charge in [0.25, 0.3) is 0 Å². The number of hydrogen-bond donors (Lipinski definition) is 2. The average molecular weight is 234 g/mol. The molecule has 2 atom stereocenters. The van der Waals surface area contributed by atoms with Crippen LogP contribution in [0.25, 0.3) is 0 Å². The van der Waals surface area contributed by atoms with Crippen molar-refractivity contribution < 1.29 is 15.0 Å². The van der Waals surface area contributed by atoms with Crippen molar-refractivity contribution in [1.82, 2.24) is 0 Å². The molecule has 2 N–H and O–H groups in total. The molecule has 2 rings (SSSR count). The van der Waals surface area contributed by atoms with E-state index in [1.54, 1.807) is 6.07 Å². The van der Waals surface area contributed by atoms with Crippen molar-refractivity contribution in [2.45, 2.75) is 38.5 Å². The number of rotatable bonds is 2. The Labute approximate surface area is 101 Å². The van der Waals surface area contributed by atoms with Crippen molar-refractivity contribution in [2.24, 2.45) is 5.92 Å². The second-order valence-electron chi connectivity index (χ2n) is 5.02. The summed E-state index contributed by atoms with van der Waals surface area (Å²) < 4.78 is 0. The van der Waals surface area contributed by atoms with Crippen LogP contribution in [0.1, 0.15) is 54.4 Å². The molecule has 3 nitrogen and oxygen atoms in total. The van der Waals surface area contributed by atoms with E-state index < -0.39 is 5.97 Å². The molecule has 0 aromatic heterocycles. The van der Waals surface area contributed by atoms with Gasteiger partial charge in [-0.1, -0.05) is 31.9 Å². The third-order valence-electron chi connectivity index (χ3n) is 3.67. The van der Waals surface area contributed by atoms with E-state index in [9.17, 15) is 9.90 Å².